The number of carbonyl (C=O) groups is 1. The largest absolute Gasteiger partial charge is 0.458 e. The van der Waals surface area contributed by atoms with Crippen LogP contribution >= 0.6 is 23.2 Å². The Labute approximate surface area is 191 Å². The molecule has 6 rings (SSSR count). The van der Waals surface area contributed by atoms with Crippen LogP contribution in [0.3, 0.4) is 0 Å². The van der Waals surface area contributed by atoms with Crippen molar-refractivity contribution < 1.29 is 24.1 Å². The molecule has 0 saturated carbocycles. The van der Waals surface area contributed by atoms with Crippen LogP contribution in [0.4, 0.5) is 0 Å². The van der Waals surface area contributed by atoms with E-state index in [2.05, 4.69) is 0 Å². The van der Waals surface area contributed by atoms with Crippen LogP contribution in [0.1, 0.15) is 35.6 Å². The first-order valence-corrected chi connectivity index (χ1v) is 11.0. The summed E-state index contributed by atoms with van der Waals surface area (Å²) in [6, 6.07) is 3.40. The Hall–Kier alpha value is -2.81. The van der Waals surface area contributed by atoms with Crippen molar-refractivity contribution in [2.75, 3.05) is 6.79 Å². The molecule has 0 fully saturated rings. The summed E-state index contributed by atoms with van der Waals surface area (Å²) in [5.41, 5.74) is 1.44. The van der Waals surface area contributed by atoms with Gasteiger partial charge in [-0.3, -0.25) is 4.79 Å². The first kappa shape index (κ1) is 19.8. The van der Waals surface area contributed by atoms with Crippen molar-refractivity contribution in [2.24, 2.45) is 0 Å². The topological polar surface area (TPSA) is 99.9 Å². The van der Waals surface area contributed by atoms with Crippen molar-refractivity contribution in [2.45, 2.75) is 38.0 Å². The molecular formula is C22H16Cl2N2O6. The molecule has 3 aliphatic heterocycles. The van der Waals surface area contributed by atoms with E-state index in [1.165, 1.54) is 0 Å². The Morgan fingerprint density at radius 2 is 2.03 bits per heavy atom. The smallest absolute Gasteiger partial charge is 0.343 e. The molecule has 1 atom stereocenters. The molecule has 0 spiro atoms. The minimum atomic E-state index is -1.88. The van der Waals surface area contributed by atoms with Gasteiger partial charge in [0.1, 0.15) is 6.61 Å². The molecule has 8 nitrogen and oxygen atoms in total. The van der Waals surface area contributed by atoms with Crippen molar-refractivity contribution in [3.8, 4) is 22.9 Å². The molecule has 3 aliphatic rings. The van der Waals surface area contributed by atoms with Crippen LogP contribution in [0.5, 0.6) is 11.5 Å². The van der Waals surface area contributed by atoms with Gasteiger partial charge in [-0.1, -0.05) is 18.5 Å². The predicted octanol–water partition coefficient (Wildman–Crippen LogP) is 3.20. The second-order valence-electron chi connectivity index (χ2n) is 7.97. The van der Waals surface area contributed by atoms with Gasteiger partial charge in [-0.05, 0) is 18.1 Å². The standard InChI is InChI=1S/C22H16Cl2N2O6/c1-2-22(29)12-3-14-18-10(6-26(14)20(27)11(12)7-30-21(22)28)9(5-23)16-13(25-18)4-15-19(17(16)24)32-8-31-15/h3-4,29H,2,5-8H2,1H3/t22-/m0/s1. The predicted molar refractivity (Wildman–Crippen MR) is 115 cm³/mol. The summed E-state index contributed by atoms with van der Waals surface area (Å²) < 4.78 is 17.7. The molecule has 10 heteroatoms. The normalized spacial score (nSPS) is 20.2. The summed E-state index contributed by atoms with van der Waals surface area (Å²) in [7, 11) is 0. The van der Waals surface area contributed by atoms with Crippen LogP contribution in [0.15, 0.2) is 16.9 Å². The van der Waals surface area contributed by atoms with Gasteiger partial charge in [0.25, 0.3) is 5.56 Å². The number of cyclic esters (lactones) is 1. The quantitative estimate of drug-likeness (QED) is 0.351. The Kier molecular flexibility index (Phi) is 4.09. The minimum absolute atomic E-state index is 0.0668. The highest BCUT2D eigenvalue weighted by Crippen LogP contribution is 2.48. The number of rotatable bonds is 2. The average Bonchev–Trinajstić information content (AvgIpc) is 3.40. The lowest BCUT2D eigenvalue weighted by Gasteiger charge is -2.31. The summed E-state index contributed by atoms with van der Waals surface area (Å²) in [6.07, 6.45) is 0.0751. The van der Waals surface area contributed by atoms with Crippen LogP contribution in [0, 0.1) is 0 Å². The van der Waals surface area contributed by atoms with Gasteiger partial charge in [-0.15, -0.1) is 11.6 Å². The maximum absolute atomic E-state index is 13.3. The fourth-order valence-electron chi connectivity index (χ4n) is 4.79. The fraction of sp³-hybridized carbons (Fsp3) is 0.318. The van der Waals surface area contributed by atoms with E-state index in [-0.39, 0.29) is 48.9 Å². The molecule has 0 saturated heterocycles. The number of hydrogen-bond donors (Lipinski definition) is 1. The molecule has 1 N–H and O–H groups in total. The molecule has 2 aromatic heterocycles. The van der Waals surface area contributed by atoms with E-state index in [1.807, 2.05) is 0 Å². The van der Waals surface area contributed by atoms with Crippen LogP contribution in [-0.2, 0) is 34.2 Å². The molecular weight excluding hydrogens is 459 g/mol. The van der Waals surface area contributed by atoms with E-state index in [1.54, 1.807) is 23.6 Å². The van der Waals surface area contributed by atoms with Gasteiger partial charge >= 0.3 is 5.97 Å². The number of ether oxygens (including phenoxy) is 3. The maximum atomic E-state index is 13.3. The van der Waals surface area contributed by atoms with Gasteiger partial charge in [0.2, 0.25) is 6.79 Å². The highest BCUT2D eigenvalue weighted by Gasteiger charge is 2.45. The van der Waals surface area contributed by atoms with Gasteiger partial charge in [0.15, 0.2) is 17.1 Å². The SMILES string of the molecule is CC[C@@]1(O)C(=O)OCc2c1cc1n(c2=O)Cc2c-1nc1cc3c(c(Cl)c1c2CCl)OCO3. The van der Waals surface area contributed by atoms with Gasteiger partial charge in [-0.25, -0.2) is 9.78 Å². The number of esters is 1. The van der Waals surface area contributed by atoms with Crippen molar-refractivity contribution >= 4 is 40.1 Å². The highest BCUT2D eigenvalue weighted by atomic mass is 35.5. The van der Waals surface area contributed by atoms with Crippen molar-refractivity contribution in [1.29, 1.82) is 0 Å². The van der Waals surface area contributed by atoms with Gasteiger partial charge in [0.05, 0.1) is 34.0 Å². The third-order valence-electron chi connectivity index (χ3n) is 6.50. The molecule has 0 radical (unpaired) electrons. The molecule has 0 unspecified atom stereocenters. The number of halogens is 2. The van der Waals surface area contributed by atoms with E-state index in [0.717, 1.165) is 11.1 Å². The number of hydrogen-bond acceptors (Lipinski definition) is 7. The van der Waals surface area contributed by atoms with Crippen LogP contribution in [-0.4, -0.2) is 27.4 Å². The maximum Gasteiger partial charge on any atom is 0.343 e. The third-order valence-corrected chi connectivity index (χ3v) is 7.13. The van der Waals surface area contributed by atoms with E-state index in [9.17, 15) is 14.7 Å². The van der Waals surface area contributed by atoms with Crippen molar-refractivity contribution in [3.05, 3.63) is 49.8 Å². The summed E-state index contributed by atoms with van der Waals surface area (Å²) in [4.78, 5) is 30.5. The summed E-state index contributed by atoms with van der Waals surface area (Å²) >= 11 is 13.0. The first-order chi connectivity index (χ1) is 15.4. The molecule has 164 valence electrons. The average molecular weight is 475 g/mol. The van der Waals surface area contributed by atoms with Crippen molar-refractivity contribution in [3.63, 3.8) is 0 Å². The number of aromatic nitrogens is 2. The van der Waals surface area contributed by atoms with Gasteiger partial charge < -0.3 is 23.9 Å². The second-order valence-corrected chi connectivity index (χ2v) is 8.62. The Morgan fingerprint density at radius 3 is 2.78 bits per heavy atom. The number of nitrogens with zero attached hydrogens (tertiary/aromatic N) is 2. The lowest BCUT2D eigenvalue weighted by Crippen LogP contribution is -2.44. The third kappa shape index (κ3) is 2.34. The zero-order chi connectivity index (χ0) is 22.4. The summed E-state index contributed by atoms with van der Waals surface area (Å²) in [5.74, 6) is 0.310. The van der Waals surface area contributed by atoms with Gasteiger partial charge in [0, 0.05) is 28.5 Å². The summed E-state index contributed by atoms with van der Waals surface area (Å²) in [6.45, 7) is 1.79. The molecule has 0 bridgehead atoms. The first-order valence-electron chi connectivity index (χ1n) is 10.1. The molecule has 32 heavy (non-hydrogen) atoms. The van der Waals surface area contributed by atoms with Crippen LogP contribution < -0.4 is 15.0 Å². The molecule has 5 heterocycles. The number of aliphatic hydroxyl groups is 1. The Balaban J connectivity index is 1.67. The molecule has 0 amide bonds. The number of alkyl halides is 1. The van der Waals surface area contributed by atoms with Crippen LogP contribution in [0.25, 0.3) is 22.3 Å². The zero-order valence-corrected chi connectivity index (χ0v) is 18.3. The van der Waals surface area contributed by atoms with Crippen LogP contribution in [0.2, 0.25) is 5.02 Å². The monoisotopic (exact) mass is 474 g/mol. The molecule has 1 aromatic carbocycles. The fourth-order valence-corrected chi connectivity index (χ4v) is 5.44. The Bertz CT molecular complexity index is 1430. The van der Waals surface area contributed by atoms with E-state index in [0.29, 0.717) is 38.8 Å². The highest BCUT2D eigenvalue weighted by molar-refractivity contribution is 6.38. The van der Waals surface area contributed by atoms with Crippen molar-refractivity contribution in [1.82, 2.24) is 9.55 Å². The second kappa shape index (κ2) is 6.60. The number of pyridine rings is 2. The number of carbonyl (C=O) groups excluding carboxylic acids is 1. The molecule has 3 aromatic rings. The Morgan fingerprint density at radius 1 is 1.22 bits per heavy atom. The summed E-state index contributed by atoms with van der Waals surface area (Å²) in [5, 5.41) is 12.0. The van der Waals surface area contributed by atoms with Gasteiger partial charge in [-0.2, -0.15) is 0 Å². The van der Waals surface area contributed by atoms with E-state index < -0.39 is 11.6 Å². The number of fused-ring (bicyclic) bond motifs is 6. The molecule has 0 aliphatic carbocycles. The lowest BCUT2D eigenvalue weighted by molar-refractivity contribution is -0.172. The number of benzene rings is 1. The van der Waals surface area contributed by atoms with E-state index >= 15 is 0 Å². The lowest BCUT2D eigenvalue weighted by atomic mass is 9.86. The zero-order valence-electron chi connectivity index (χ0n) is 16.8. The minimum Gasteiger partial charge on any atom is -0.458 e. The van der Waals surface area contributed by atoms with E-state index in [4.69, 9.17) is 42.4 Å².